The van der Waals surface area contributed by atoms with Crippen molar-refractivity contribution >= 4 is 23.6 Å². The Morgan fingerprint density at radius 3 is 2.00 bits per heavy atom. The van der Waals surface area contributed by atoms with Crippen molar-refractivity contribution in [2.45, 2.75) is 150 Å². The Morgan fingerprint density at radius 2 is 1.49 bits per heavy atom. The van der Waals surface area contributed by atoms with Gasteiger partial charge in [0.25, 0.3) is 0 Å². The molecule has 1 aromatic carbocycles. The molecule has 11 heteroatoms. The highest BCUT2D eigenvalue weighted by atomic mass is 16.5. The van der Waals surface area contributed by atoms with E-state index < -0.39 is 30.2 Å². The van der Waals surface area contributed by atoms with E-state index in [1.807, 2.05) is 76.6 Å². The highest BCUT2D eigenvalue weighted by Crippen LogP contribution is 2.30. The van der Waals surface area contributed by atoms with Crippen LogP contribution in [-0.4, -0.2) is 122 Å². The van der Waals surface area contributed by atoms with Gasteiger partial charge in [0.05, 0.1) is 42.7 Å². The van der Waals surface area contributed by atoms with Crippen LogP contribution >= 0.6 is 0 Å². The lowest BCUT2D eigenvalue weighted by atomic mass is 9.89. The van der Waals surface area contributed by atoms with E-state index in [0.29, 0.717) is 6.54 Å². The number of hydrogen-bond acceptors (Lipinski definition) is 7. The molecule has 1 heterocycles. The number of nitrogens with zero attached hydrogens (tertiary/aromatic N) is 3. The lowest BCUT2D eigenvalue weighted by molar-refractivity contribution is -0.148. The zero-order valence-electron chi connectivity index (χ0n) is 35.3. The summed E-state index contributed by atoms with van der Waals surface area (Å²) in [5.41, 5.74) is 1.15. The summed E-state index contributed by atoms with van der Waals surface area (Å²) in [6.45, 7) is 20.6. The van der Waals surface area contributed by atoms with E-state index in [1.54, 1.807) is 26.2 Å². The molecule has 302 valence electrons. The van der Waals surface area contributed by atoms with Crippen LogP contribution in [0.25, 0.3) is 0 Å². The minimum absolute atomic E-state index is 0.00314. The summed E-state index contributed by atoms with van der Waals surface area (Å²) in [7, 11) is 6.89. The molecule has 11 nitrogen and oxygen atoms in total. The van der Waals surface area contributed by atoms with E-state index in [0.717, 1.165) is 31.2 Å². The van der Waals surface area contributed by atoms with Gasteiger partial charge in [0.2, 0.25) is 23.6 Å². The van der Waals surface area contributed by atoms with Gasteiger partial charge in [-0.25, -0.2) is 0 Å². The number of likely N-dealkylation sites (tertiary alicyclic amines) is 1. The third kappa shape index (κ3) is 12.5. The number of carbonyl (C=O) groups is 4. The Balaban J connectivity index is 2.25. The molecule has 0 aromatic heterocycles. The van der Waals surface area contributed by atoms with E-state index in [4.69, 9.17) is 9.47 Å². The molecule has 1 fully saturated rings. The first-order chi connectivity index (χ1) is 24.9. The third-order valence-electron chi connectivity index (χ3n) is 11.4. The molecule has 9 atom stereocenters. The fraction of sp³-hybridized carbons (Fsp3) is 0.762. The molecule has 1 aliphatic rings. The van der Waals surface area contributed by atoms with Crippen LogP contribution in [0, 0.1) is 23.7 Å². The van der Waals surface area contributed by atoms with Crippen molar-refractivity contribution in [1.82, 2.24) is 25.3 Å². The number of nitrogens with one attached hydrogen (secondary N) is 2. The molecule has 4 amide bonds. The van der Waals surface area contributed by atoms with E-state index in [1.165, 1.54) is 0 Å². The molecule has 0 saturated carbocycles. The van der Waals surface area contributed by atoms with Gasteiger partial charge in [0.1, 0.15) is 6.04 Å². The number of hydrogen-bond donors (Lipinski definition) is 2. The molecule has 2 N–H and O–H groups in total. The van der Waals surface area contributed by atoms with Crippen LogP contribution in [0.4, 0.5) is 0 Å². The summed E-state index contributed by atoms with van der Waals surface area (Å²) in [5, 5.41) is 6.25. The van der Waals surface area contributed by atoms with Crippen LogP contribution in [0.15, 0.2) is 30.3 Å². The van der Waals surface area contributed by atoms with Crippen molar-refractivity contribution in [2.75, 3.05) is 34.9 Å². The monoisotopic (exact) mass is 744 g/mol. The molecule has 1 aromatic rings. The average molecular weight is 744 g/mol. The highest BCUT2D eigenvalue weighted by Gasteiger charge is 2.43. The molecule has 2 rings (SSSR count). The molecule has 0 aliphatic carbocycles. The molecule has 0 spiro atoms. The summed E-state index contributed by atoms with van der Waals surface area (Å²) in [4.78, 5) is 61.3. The summed E-state index contributed by atoms with van der Waals surface area (Å²) in [5.74, 6) is -1.16. The zero-order chi connectivity index (χ0) is 40.2. The molecule has 0 unspecified atom stereocenters. The van der Waals surface area contributed by atoms with Gasteiger partial charge in [0, 0.05) is 39.9 Å². The minimum Gasteiger partial charge on any atom is -0.379 e. The number of carbonyl (C=O) groups excluding carboxylic acids is 4. The molecular formula is C42H73N5O6. The molecule has 53 heavy (non-hydrogen) atoms. The van der Waals surface area contributed by atoms with E-state index >= 15 is 0 Å². The van der Waals surface area contributed by atoms with Crippen LogP contribution in [0.3, 0.4) is 0 Å². The average Bonchev–Trinajstić information content (AvgIpc) is 3.59. The SMILES string of the molecule is CC[C@H](C)[C@@H]([C@@H](CC(=O)N1CCC[C@H]1[C@H](OC)[C@@H](C)C(=O)N[C@H](C)Cc1ccccc1)OC)N(C)C(=O)[C@@H](NC(=O)[C@H](C(C)C)N(C)C(C)C)C(C)C. The van der Waals surface area contributed by atoms with Crippen molar-refractivity contribution in [3.8, 4) is 0 Å². The van der Waals surface area contributed by atoms with Crippen LogP contribution in [0.1, 0.15) is 100 Å². The lowest BCUT2D eigenvalue weighted by Gasteiger charge is -2.41. The van der Waals surface area contributed by atoms with Crippen LogP contribution in [-0.2, 0) is 35.1 Å². The van der Waals surface area contributed by atoms with Crippen molar-refractivity contribution < 1.29 is 28.7 Å². The summed E-state index contributed by atoms with van der Waals surface area (Å²) in [6.07, 6.45) is 2.00. The Kier molecular flexibility index (Phi) is 18.9. The zero-order valence-corrected chi connectivity index (χ0v) is 35.3. The number of amides is 4. The van der Waals surface area contributed by atoms with Crippen LogP contribution in [0.2, 0.25) is 0 Å². The number of likely N-dealkylation sites (N-methyl/N-ethyl adjacent to an activating group) is 2. The smallest absolute Gasteiger partial charge is 0.245 e. The maximum absolute atomic E-state index is 14.3. The van der Waals surface area contributed by atoms with E-state index in [2.05, 4.69) is 50.5 Å². The second-order valence-electron chi connectivity index (χ2n) is 16.4. The van der Waals surface area contributed by atoms with Gasteiger partial charge in [-0.3, -0.25) is 24.1 Å². The van der Waals surface area contributed by atoms with Crippen molar-refractivity contribution in [1.29, 1.82) is 0 Å². The second kappa shape index (κ2) is 21.8. The maximum Gasteiger partial charge on any atom is 0.245 e. The van der Waals surface area contributed by atoms with Gasteiger partial charge in [-0.05, 0) is 70.4 Å². The largest absolute Gasteiger partial charge is 0.379 e. The van der Waals surface area contributed by atoms with Crippen molar-refractivity contribution in [3.05, 3.63) is 35.9 Å². The van der Waals surface area contributed by atoms with Gasteiger partial charge >= 0.3 is 0 Å². The topological polar surface area (TPSA) is 121 Å². The van der Waals surface area contributed by atoms with Gasteiger partial charge in [-0.1, -0.05) is 85.2 Å². The predicted molar refractivity (Wildman–Crippen MR) is 212 cm³/mol. The maximum atomic E-state index is 14.3. The predicted octanol–water partition coefficient (Wildman–Crippen LogP) is 5.16. The summed E-state index contributed by atoms with van der Waals surface area (Å²) < 4.78 is 12.0. The third-order valence-corrected chi connectivity index (χ3v) is 11.4. The fourth-order valence-corrected chi connectivity index (χ4v) is 7.95. The molecule has 0 bridgehead atoms. The quantitative estimate of drug-likeness (QED) is 0.179. The van der Waals surface area contributed by atoms with Crippen molar-refractivity contribution in [2.24, 2.45) is 23.7 Å². The van der Waals surface area contributed by atoms with Crippen molar-refractivity contribution in [3.63, 3.8) is 0 Å². The highest BCUT2D eigenvalue weighted by molar-refractivity contribution is 5.90. The number of rotatable bonds is 21. The summed E-state index contributed by atoms with van der Waals surface area (Å²) in [6, 6.07) is 8.33. The molecular weight excluding hydrogens is 670 g/mol. The van der Waals surface area contributed by atoms with E-state index in [9.17, 15) is 19.2 Å². The first-order valence-corrected chi connectivity index (χ1v) is 19.9. The number of ether oxygens (including phenoxy) is 2. The van der Waals surface area contributed by atoms with Crippen LogP contribution < -0.4 is 10.6 Å². The molecule has 0 radical (unpaired) electrons. The Morgan fingerprint density at radius 1 is 0.868 bits per heavy atom. The second-order valence-corrected chi connectivity index (χ2v) is 16.4. The first-order valence-electron chi connectivity index (χ1n) is 19.9. The normalized spacial score (nSPS) is 19.4. The minimum atomic E-state index is -0.748. The standard InChI is InChI=1S/C42H73N5O6/c1-15-29(8)38(46(12)42(51)36(26(2)3)44-41(50)37(27(4)5)45(11)28(6)7)34(52-13)25-35(48)47-23-19-22-33(47)39(53-14)31(10)40(49)43-30(9)24-32-20-17-16-18-21-32/h16-18,20-21,26-31,33-34,36-39H,15,19,22-25H2,1-14H3,(H,43,49)(H,44,50)/t29-,30+,31+,33-,34+,36-,37-,38-,39+/m0/s1. The van der Waals surface area contributed by atoms with Gasteiger partial charge in [-0.15, -0.1) is 0 Å². The lowest BCUT2D eigenvalue weighted by Crippen LogP contribution is -2.60. The van der Waals surface area contributed by atoms with Gasteiger partial charge < -0.3 is 29.9 Å². The number of methoxy groups -OCH3 is 2. The van der Waals surface area contributed by atoms with Gasteiger partial charge in [0.15, 0.2) is 0 Å². The molecule has 1 aliphatic heterocycles. The molecule has 1 saturated heterocycles. The van der Waals surface area contributed by atoms with E-state index in [-0.39, 0.29) is 72.0 Å². The Labute approximate surface area is 321 Å². The van der Waals surface area contributed by atoms with Gasteiger partial charge in [-0.2, -0.15) is 0 Å². The first kappa shape index (κ1) is 46.1. The number of benzene rings is 1. The fourth-order valence-electron chi connectivity index (χ4n) is 7.95. The Bertz CT molecular complexity index is 1290. The van der Waals surface area contributed by atoms with Crippen LogP contribution in [0.5, 0.6) is 0 Å². The summed E-state index contributed by atoms with van der Waals surface area (Å²) >= 11 is 0. The Hall–Kier alpha value is -3.02.